The molecule has 0 aliphatic carbocycles. The normalized spacial score (nSPS) is 17.8. The van der Waals surface area contributed by atoms with E-state index in [0.717, 1.165) is 22.9 Å². The Morgan fingerprint density at radius 1 is 1.50 bits per heavy atom. The highest BCUT2D eigenvalue weighted by Gasteiger charge is 2.21. The Bertz CT molecular complexity index is 462. The lowest BCUT2D eigenvalue weighted by atomic mass is 10.2. The lowest BCUT2D eigenvalue weighted by molar-refractivity contribution is -0.122. The molecule has 1 atom stereocenters. The molecule has 2 rings (SSSR count). The van der Waals surface area contributed by atoms with Crippen LogP contribution in [0.15, 0.2) is 18.2 Å². The number of rotatable bonds is 6. The molecule has 6 heteroatoms. The third-order valence-electron chi connectivity index (χ3n) is 3.03. The van der Waals surface area contributed by atoms with Gasteiger partial charge in [0.2, 0.25) is 5.91 Å². The largest absolute Gasteiger partial charge is 0.493 e. The first-order chi connectivity index (χ1) is 9.74. The molecule has 0 aromatic heterocycles. The average molecular weight is 296 g/mol. The fourth-order valence-electron chi connectivity index (χ4n) is 1.97. The fraction of sp³-hybridized carbons (Fsp3) is 0.500. The smallest absolute Gasteiger partial charge is 0.238 e. The summed E-state index contributed by atoms with van der Waals surface area (Å²) < 4.78 is 10.8. The van der Waals surface area contributed by atoms with E-state index in [4.69, 9.17) is 9.47 Å². The van der Waals surface area contributed by atoms with Crippen LogP contribution in [0, 0.1) is 0 Å². The average Bonchev–Trinajstić information content (AvgIpc) is 3.00. The zero-order chi connectivity index (χ0) is 14.4. The molecule has 0 radical (unpaired) electrons. The second-order valence-corrected chi connectivity index (χ2v) is 5.44. The van der Waals surface area contributed by atoms with Gasteiger partial charge in [-0.25, -0.2) is 0 Å². The minimum atomic E-state index is -0.0791. The molecule has 0 bridgehead atoms. The Balaban J connectivity index is 1.93. The topological polar surface area (TPSA) is 59.6 Å². The summed E-state index contributed by atoms with van der Waals surface area (Å²) in [6.45, 7) is 3.02. The van der Waals surface area contributed by atoms with Crippen LogP contribution < -0.4 is 20.1 Å². The first-order valence-corrected chi connectivity index (χ1v) is 7.78. The van der Waals surface area contributed by atoms with Crippen LogP contribution in [0.25, 0.3) is 0 Å². The lowest BCUT2D eigenvalue weighted by Crippen LogP contribution is -2.41. The Kier molecular flexibility index (Phi) is 5.55. The van der Waals surface area contributed by atoms with E-state index in [0.29, 0.717) is 18.9 Å². The van der Waals surface area contributed by atoms with Gasteiger partial charge in [-0.15, -0.1) is 11.8 Å². The number of thioether (sulfide) groups is 1. The predicted molar refractivity (Wildman–Crippen MR) is 80.3 cm³/mol. The number of amides is 1. The molecule has 0 spiro atoms. The Hall–Kier alpha value is -1.40. The number of hydrogen-bond acceptors (Lipinski definition) is 5. The van der Waals surface area contributed by atoms with Gasteiger partial charge in [-0.05, 0) is 24.6 Å². The standard InChI is InChI=1S/C14H20N2O3S/c1-3-19-12-5-4-10(6-13(12)18-2)7-15-14(17)11-8-20-9-16-11/h4-6,11,16H,3,7-9H2,1-2H3,(H,15,17). The number of methoxy groups -OCH3 is 1. The van der Waals surface area contributed by atoms with Crippen molar-refractivity contribution in [3.05, 3.63) is 23.8 Å². The van der Waals surface area contributed by atoms with E-state index < -0.39 is 0 Å². The molecule has 1 unspecified atom stereocenters. The highest BCUT2D eigenvalue weighted by Crippen LogP contribution is 2.27. The molecule has 1 amide bonds. The molecule has 1 heterocycles. The van der Waals surface area contributed by atoms with Crippen molar-refractivity contribution in [3.8, 4) is 11.5 Å². The number of benzene rings is 1. The monoisotopic (exact) mass is 296 g/mol. The maximum Gasteiger partial charge on any atom is 0.238 e. The number of carbonyl (C=O) groups is 1. The van der Waals surface area contributed by atoms with Gasteiger partial charge in [-0.3, -0.25) is 10.1 Å². The van der Waals surface area contributed by atoms with Crippen LogP contribution in [-0.4, -0.2) is 37.3 Å². The van der Waals surface area contributed by atoms with E-state index in [1.165, 1.54) is 0 Å². The summed E-state index contributed by atoms with van der Waals surface area (Å²) in [5.74, 6) is 3.13. The molecule has 1 aliphatic heterocycles. The van der Waals surface area contributed by atoms with E-state index in [9.17, 15) is 4.79 Å². The molecule has 20 heavy (non-hydrogen) atoms. The summed E-state index contributed by atoms with van der Waals surface area (Å²) in [5.41, 5.74) is 0.990. The molecule has 1 aromatic carbocycles. The zero-order valence-electron chi connectivity index (χ0n) is 11.8. The molecule has 110 valence electrons. The number of ether oxygens (including phenoxy) is 2. The summed E-state index contributed by atoms with van der Waals surface area (Å²) in [5, 5.41) is 6.08. The van der Waals surface area contributed by atoms with Crippen molar-refractivity contribution in [1.29, 1.82) is 0 Å². The SMILES string of the molecule is CCOc1ccc(CNC(=O)C2CSCN2)cc1OC. The molecular weight excluding hydrogens is 276 g/mol. The summed E-state index contributed by atoms with van der Waals surface area (Å²) >= 11 is 1.74. The maximum absolute atomic E-state index is 11.9. The highest BCUT2D eigenvalue weighted by molar-refractivity contribution is 7.99. The van der Waals surface area contributed by atoms with Crippen LogP contribution in [0.5, 0.6) is 11.5 Å². The molecular formula is C14H20N2O3S. The van der Waals surface area contributed by atoms with Crippen LogP contribution in [0.4, 0.5) is 0 Å². The first-order valence-electron chi connectivity index (χ1n) is 6.63. The first kappa shape index (κ1) is 15.0. The van der Waals surface area contributed by atoms with Crippen molar-refractivity contribution >= 4 is 17.7 Å². The number of carbonyl (C=O) groups excluding carboxylic acids is 1. The van der Waals surface area contributed by atoms with Crippen LogP contribution >= 0.6 is 11.8 Å². The molecule has 0 saturated carbocycles. The van der Waals surface area contributed by atoms with Crippen LogP contribution in [0.1, 0.15) is 12.5 Å². The van der Waals surface area contributed by atoms with E-state index in [1.54, 1.807) is 18.9 Å². The van der Waals surface area contributed by atoms with E-state index in [2.05, 4.69) is 10.6 Å². The maximum atomic E-state index is 11.9. The Morgan fingerprint density at radius 2 is 2.35 bits per heavy atom. The predicted octanol–water partition coefficient (Wildman–Crippen LogP) is 1.37. The third-order valence-corrected chi connectivity index (χ3v) is 3.97. The van der Waals surface area contributed by atoms with Gasteiger partial charge in [-0.2, -0.15) is 0 Å². The van der Waals surface area contributed by atoms with Crippen molar-refractivity contribution in [2.75, 3.05) is 25.3 Å². The minimum absolute atomic E-state index is 0.0443. The summed E-state index contributed by atoms with van der Waals surface area (Å²) in [4.78, 5) is 11.9. The van der Waals surface area contributed by atoms with Gasteiger partial charge < -0.3 is 14.8 Å². The van der Waals surface area contributed by atoms with Gasteiger partial charge >= 0.3 is 0 Å². The van der Waals surface area contributed by atoms with Crippen LogP contribution in [0.3, 0.4) is 0 Å². The quantitative estimate of drug-likeness (QED) is 0.830. The Morgan fingerprint density at radius 3 is 3.00 bits per heavy atom. The van der Waals surface area contributed by atoms with Crippen molar-refractivity contribution in [2.45, 2.75) is 19.5 Å². The Labute approximate surface area is 123 Å². The minimum Gasteiger partial charge on any atom is -0.493 e. The number of hydrogen-bond donors (Lipinski definition) is 2. The van der Waals surface area contributed by atoms with Gasteiger partial charge in [0, 0.05) is 18.2 Å². The zero-order valence-corrected chi connectivity index (χ0v) is 12.6. The summed E-state index contributed by atoms with van der Waals surface area (Å²) in [6, 6.07) is 5.62. The molecule has 1 saturated heterocycles. The lowest BCUT2D eigenvalue weighted by Gasteiger charge is -2.13. The van der Waals surface area contributed by atoms with Gasteiger partial charge in [0.1, 0.15) is 0 Å². The molecule has 5 nitrogen and oxygen atoms in total. The van der Waals surface area contributed by atoms with Crippen LogP contribution in [0.2, 0.25) is 0 Å². The van der Waals surface area contributed by atoms with Crippen molar-refractivity contribution in [3.63, 3.8) is 0 Å². The summed E-state index contributed by atoms with van der Waals surface area (Å²) in [6.07, 6.45) is 0. The van der Waals surface area contributed by atoms with Gasteiger partial charge in [-0.1, -0.05) is 6.07 Å². The van der Waals surface area contributed by atoms with Crippen LogP contribution in [-0.2, 0) is 11.3 Å². The van der Waals surface area contributed by atoms with Crippen molar-refractivity contribution in [2.24, 2.45) is 0 Å². The van der Waals surface area contributed by atoms with Gasteiger partial charge in [0.25, 0.3) is 0 Å². The van der Waals surface area contributed by atoms with Gasteiger partial charge in [0.05, 0.1) is 19.8 Å². The van der Waals surface area contributed by atoms with E-state index in [-0.39, 0.29) is 11.9 Å². The van der Waals surface area contributed by atoms with E-state index in [1.807, 2.05) is 25.1 Å². The van der Waals surface area contributed by atoms with Crippen molar-refractivity contribution in [1.82, 2.24) is 10.6 Å². The fourth-order valence-corrected chi connectivity index (χ4v) is 2.91. The molecule has 1 fully saturated rings. The second kappa shape index (κ2) is 7.40. The molecule has 1 aromatic rings. The third kappa shape index (κ3) is 3.80. The number of nitrogens with one attached hydrogen (secondary N) is 2. The highest BCUT2D eigenvalue weighted by atomic mass is 32.2. The van der Waals surface area contributed by atoms with Crippen molar-refractivity contribution < 1.29 is 14.3 Å². The second-order valence-electron chi connectivity index (χ2n) is 4.41. The van der Waals surface area contributed by atoms with Gasteiger partial charge in [0.15, 0.2) is 11.5 Å². The molecule has 2 N–H and O–H groups in total. The summed E-state index contributed by atoms with van der Waals surface area (Å²) in [7, 11) is 1.61. The van der Waals surface area contributed by atoms with E-state index >= 15 is 0 Å². The molecule has 1 aliphatic rings.